The highest BCUT2D eigenvalue weighted by atomic mass is 79.9. The van der Waals surface area contributed by atoms with Gasteiger partial charge in [0.15, 0.2) is 0 Å². The number of nitrogens with zero attached hydrogens (tertiary/aromatic N) is 2. The molecular weight excluding hydrogens is 279 g/mol. The lowest BCUT2D eigenvalue weighted by atomic mass is 10.1. The third kappa shape index (κ3) is 2.32. The van der Waals surface area contributed by atoms with Crippen LogP contribution in [-0.4, -0.2) is 23.0 Å². The van der Waals surface area contributed by atoms with Crippen LogP contribution in [0.15, 0.2) is 21.7 Å². The molecule has 2 heterocycles. The second-order valence-electron chi connectivity index (χ2n) is 3.97. The van der Waals surface area contributed by atoms with E-state index in [1.165, 1.54) is 0 Å². The van der Waals surface area contributed by atoms with Gasteiger partial charge in [0.2, 0.25) is 5.90 Å². The second-order valence-corrected chi connectivity index (χ2v) is 5.29. The van der Waals surface area contributed by atoms with Crippen molar-refractivity contribution in [2.24, 2.45) is 4.99 Å². The van der Waals surface area contributed by atoms with Gasteiger partial charge in [0, 0.05) is 10.7 Å². The summed E-state index contributed by atoms with van der Waals surface area (Å²) in [5.41, 5.74) is 0.346. The van der Waals surface area contributed by atoms with Crippen LogP contribution in [0.5, 0.6) is 0 Å². The summed E-state index contributed by atoms with van der Waals surface area (Å²) in [6.07, 6.45) is 1.68. The van der Waals surface area contributed by atoms with E-state index in [2.05, 4.69) is 25.9 Å². The first-order valence-electron chi connectivity index (χ1n) is 4.53. The van der Waals surface area contributed by atoms with Crippen molar-refractivity contribution in [1.82, 2.24) is 4.98 Å². The number of hydrogen-bond acceptors (Lipinski definition) is 3. The standard InChI is InChI=1S/C10H10BrClN2O/c1-10(2)5-14-9(15-10)8-7(12)3-6(11)4-13-8/h3-4H,5H2,1-2H3. The molecule has 0 unspecified atom stereocenters. The van der Waals surface area contributed by atoms with E-state index in [4.69, 9.17) is 16.3 Å². The number of aliphatic imine (C=N–C) groups is 1. The van der Waals surface area contributed by atoms with E-state index < -0.39 is 0 Å². The first-order chi connectivity index (χ1) is 6.98. The summed E-state index contributed by atoms with van der Waals surface area (Å²) in [6, 6.07) is 1.78. The fourth-order valence-corrected chi connectivity index (χ4v) is 1.99. The van der Waals surface area contributed by atoms with E-state index >= 15 is 0 Å². The van der Waals surface area contributed by atoms with Crippen LogP contribution in [0.25, 0.3) is 0 Å². The Kier molecular flexibility index (Phi) is 2.73. The fraction of sp³-hybridized carbons (Fsp3) is 0.400. The lowest BCUT2D eigenvalue weighted by Gasteiger charge is -2.17. The Morgan fingerprint density at radius 3 is 2.80 bits per heavy atom. The minimum Gasteiger partial charge on any atom is -0.468 e. The summed E-state index contributed by atoms with van der Waals surface area (Å²) >= 11 is 9.35. The molecule has 1 aromatic heterocycles. The van der Waals surface area contributed by atoms with Crippen LogP contribution in [0.2, 0.25) is 5.02 Å². The van der Waals surface area contributed by atoms with E-state index in [1.807, 2.05) is 13.8 Å². The third-order valence-electron chi connectivity index (χ3n) is 1.99. The normalized spacial score (nSPS) is 18.5. The number of ether oxygens (including phenoxy) is 1. The number of rotatable bonds is 1. The zero-order valence-corrected chi connectivity index (χ0v) is 10.8. The van der Waals surface area contributed by atoms with Crippen LogP contribution in [-0.2, 0) is 4.74 Å². The molecule has 0 saturated carbocycles. The van der Waals surface area contributed by atoms with Gasteiger partial charge in [0.25, 0.3) is 0 Å². The van der Waals surface area contributed by atoms with Crippen molar-refractivity contribution < 1.29 is 4.74 Å². The average molecular weight is 290 g/mol. The van der Waals surface area contributed by atoms with Gasteiger partial charge in [0.1, 0.15) is 11.3 Å². The van der Waals surface area contributed by atoms with Crippen molar-refractivity contribution in [2.75, 3.05) is 6.54 Å². The van der Waals surface area contributed by atoms with Gasteiger partial charge < -0.3 is 4.74 Å². The van der Waals surface area contributed by atoms with Gasteiger partial charge in [-0.05, 0) is 35.8 Å². The Balaban J connectivity index is 2.32. The quantitative estimate of drug-likeness (QED) is 0.796. The zero-order valence-electron chi connectivity index (χ0n) is 8.42. The Hall–Kier alpha value is -0.610. The fourth-order valence-electron chi connectivity index (χ4n) is 1.28. The molecule has 0 saturated heterocycles. The van der Waals surface area contributed by atoms with Gasteiger partial charge in [-0.3, -0.25) is 0 Å². The highest BCUT2D eigenvalue weighted by molar-refractivity contribution is 9.10. The van der Waals surface area contributed by atoms with Crippen LogP contribution in [0, 0.1) is 0 Å². The molecule has 5 heteroatoms. The van der Waals surface area contributed by atoms with Crippen molar-refractivity contribution in [3.63, 3.8) is 0 Å². The van der Waals surface area contributed by atoms with Gasteiger partial charge >= 0.3 is 0 Å². The molecular formula is C10H10BrClN2O. The molecule has 1 aliphatic rings. The summed E-state index contributed by atoms with van der Waals surface area (Å²) in [5.74, 6) is 0.525. The zero-order chi connectivity index (χ0) is 11.1. The Morgan fingerprint density at radius 2 is 2.27 bits per heavy atom. The van der Waals surface area contributed by atoms with E-state index in [0.717, 1.165) is 4.47 Å². The summed E-state index contributed by atoms with van der Waals surface area (Å²) in [6.45, 7) is 4.60. The number of pyridine rings is 1. The van der Waals surface area contributed by atoms with Crippen molar-refractivity contribution in [3.8, 4) is 0 Å². The molecule has 15 heavy (non-hydrogen) atoms. The molecule has 0 fully saturated rings. The minimum absolute atomic E-state index is 0.257. The molecule has 80 valence electrons. The highest BCUT2D eigenvalue weighted by Gasteiger charge is 2.29. The van der Waals surface area contributed by atoms with E-state index in [0.29, 0.717) is 23.2 Å². The predicted molar refractivity (Wildman–Crippen MR) is 63.5 cm³/mol. The Morgan fingerprint density at radius 1 is 1.53 bits per heavy atom. The molecule has 0 radical (unpaired) electrons. The van der Waals surface area contributed by atoms with Crippen LogP contribution < -0.4 is 0 Å². The first kappa shape index (κ1) is 10.9. The summed E-state index contributed by atoms with van der Waals surface area (Å²) in [4.78, 5) is 8.47. The second kappa shape index (κ2) is 3.76. The van der Waals surface area contributed by atoms with Gasteiger partial charge in [0.05, 0.1) is 11.6 Å². The van der Waals surface area contributed by atoms with Gasteiger partial charge in [-0.15, -0.1) is 0 Å². The molecule has 0 atom stereocenters. The van der Waals surface area contributed by atoms with Crippen molar-refractivity contribution >= 4 is 33.4 Å². The summed E-state index contributed by atoms with van der Waals surface area (Å²) < 4.78 is 6.49. The third-order valence-corrected chi connectivity index (χ3v) is 2.71. The Bertz CT molecular complexity index is 431. The topological polar surface area (TPSA) is 34.5 Å². The van der Waals surface area contributed by atoms with Crippen LogP contribution in [0.1, 0.15) is 19.5 Å². The highest BCUT2D eigenvalue weighted by Crippen LogP contribution is 2.25. The SMILES string of the molecule is CC1(C)CN=C(c2ncc(Br)cc2Cl)O1. The maximum Gasteiger partial charge on any atom is 0.237 e. The molecule has 2 rings (SSSR count). The maximum absolute atomic E-state index is 6.05. The molecule has 1 aliphatic heterocycles. The van der Waals surface area contributed by atoms with E-state index in [1.54, 1.807) is 12.3 Å². The van der Waals surface area contributed by atoms with Crippen LogP contribution >= 0.6 is 27.5 Å². The summed E-state index contributed by atoms with van der Waals surface area (Å²) in [5, 5.41) is 0.542. The smallest absolute Gasteiger partial charge is 0.237 e. The minimum atomic E-state index is -0.257. The number of halogens is 2. The number of hydrogen-bond donors (Lipinski definition) is 0. The average Bonchev–Trinajstić information content (AvgIpc) is 2.46. The largest absolute Gasteiger partial charge is 0.468 e. The first-order valence-corrected chi connectivity index (χ1v) is 5.70. The monoisotopic (exact) mass is 288 g/mol. The maximum atomic E-state index is 6.05. The molecule has 0 aromatic carbocycles. The molecule has 0 amide bonds. The lowest BCUT2D eigenvalue weighted by molar-refractivity contribution is 0.131. The van der Waals surface area contributed by atoms with Crippen molar-refractivity contribution in [1.29, 1.82) is 0 Å². The summed E-state index contributed by atoms with van der Waals surface area (Å²) in [7, 11) is 0. The number of aromatic nitrogens is 1. The molecule has 0 bridgehead atoms. The van der Waals surface area contributed by atoms with Gasteiger partial charge in [-0.1, -0.05) is 11.6 Å². The van der Waals surface area contributed by atoms with Crippen molar-refractivity contribution in [3.05, 3.63) is 27.5 Å². The molecule has 0 spiro atoms. The van der Waals surface area contributed by atoms with Crippen LogP contribution in [0.3, 0.4) is 0 Å². The predicted octanol–water partition coefficient (Wildman–Crippen LogP) is 3.05. The lowest BCUT2D eigenvalue weighted by Crippen LogP contribution is -2.24. The van der Waals surface area contributed by atoms with E-state index in [9.17, 15) is 0 Å². The molecule has 1 aromatic rings. The van der Waals surface area contributed by atoms with Gasteiger partial charge in [-0.25, -0.2) is 9.98 Å². The van der Waals surface area contributed by atoms with Crippen LogP contribution in [0.4, 0.5) is 0 Å². The van der Waals surface area contributed by atoms with E-state index in [-0.39, 0.29) is 5.60 Å². The Labute approximate surface area is 102 Å². The molecule has 0 aliphatic carbocycles. The molecule has 3 nitrogen and oxygen atoms in total. The van der Waals surface area contributed by atoms with Crippen molar-refractivity contribution in [2.45, 2.75) is 19.4 Å². The van der Waals surface area contributed by atoms with Gasteiger partial charge in [-0.2, -0.15) is 0 Å². The molecule has 0 N–H and O–H groups in total.